The minimum atomic E-state index is -0.280. The normalized spacial score (nSPS) is 17.5. The molecule has 2 N–H and O–H groups in total. The predicted octanol–water partition coefficient (Wildman–Crippen LogP) is 4.90. The summed E-state index contributed by atoms with van der Waals surface area (Å²) in [5, 5.41) is 14.1. The Morgan fingerprint density at radius 3 is 2.83 bits per heavy atom. The van der Waals surface area contributed by atoms with Crippen LogP contribution in [-0.4, -0.2) is 16.2 Å². The number of hydrogen-bond donors (Lipinski definition) is 2. The molecule has 2 aromatic carbocycles. The van der Waals surface area contributed by atoms with Gasteiger partial charge in [-0.05, 0) is 60.7 Å². The van der Waals surface area contributed by atoms with E-state index in [1.807, 2.05) is 13.0 Å². The molecule has 7 heteroatoms. The van der Waals surface area contributed by atoms with Crippen LogP contribution in [0.5, 0.6) is 5.75 Å². The molecule has 1 amide bonds. The molecule has 3 rings (SSSR count). The van der Waals surface area contributed by atoms with Gasteiger partial charge in [-0.25, -0.2) is 4.99 Å². The standard InChI is InChI=1S/C17H12Cl2N2O2S/c1-9-12(19)3-2-4-13(9)20-17-21-16(23)15(24-17)8-10-7-11(18)5-6-14(10)22/h2-8,22H,1H3,(H,20,21,23)/b15-8+. The maximum Gasteiger partial charge on any atom is 0.264 e. The lowest BCUT2D eigenvalue weighted by atomic mass is 10.2. The van der Waals surface area contributed by atoms with Crippen LogP contribution in [-0.2, 0) is 4.79 Å². The summed E-state index contributed by atoms with van der Waals surface area (Å²) in [6.07, 6.45) is 1.58. The molecule has 0 unspecified atom stereocenters. The van der Waals surface area contributed by atoms with Gasteiger partial charge in [0.2, 0.25) is 0 Å². The van der Waals surface area contributed by atoms with Gasteiger partial charge < -0.3 is 10.4 Å². The molecule has 0 saturated carbocycles. The topological polar surface area (TPSA) is 61.7 Å². The first-order valence-corrected chi connectivity index (χ1v) is 8.54. The van der Waals surface area contributed by atoms with Gasteiger partial charge in [-0.2, -0.15) is 0 Å². The molecule has 1 heterocycles. The van der Waals surface area contributed by atoms with Gasteiger partial charge in [0, 0.05) is 15.6 Å². The Morgan fingerprint density at radius 2 is 2.04 bits per heavy atom. The number of amidine groups is 1. The number of hydrogen-bond acceptors (Lipinski definition) is 4. The van der Waals surface area contributed by atoms with Crippen LogP contribution in [0, 0.1) is 6.92 Å². The number of nitrogens with zero attached hydrogens (tertiary/aromatic N) is 1. The number of phenols is 1. The number of rotatable bonds is 2. The number of carbonyl (C=O) groups excluding carboxylic acids is 1. The van der Waals surface area contributed by atoms with E-state index in [1.54, 1.807) is 30.3 Å². The van der Waals surface area contributed by atoms with E-state index in [2.05, 4.69) is 10.3 Å². The van der Waals surface area contributed by atoms with E-state index in [1.165, 1.54) is 17.8 Å². The fourth-order valence-electron chi connectivity index (χ4n) is 2.09. The van der Waals surface area contributed by atoms with Crippen molar-refractivity contribution in [2.24, 2.45) is 4.99 Å². The molecule has 0 radical (unpaired) electrons. The zero-order valence-electron chi connectivity index (χ0n) is 12.5. The number of benzene rings is 2. The third-order valence-electron chi connectivity index (χ3n) is 3.39. The van der Waals surface area contributed by atoms with Crippen molar-refractivity contribution < 1.29 is 9.90 Å². The molecule has 0 atom stereocenters. The average molecular weight is 379 g/mol. The van der Waals surface area contributed by atoms with Gasteiger partial charge in [0.05, 0.1) is 10.6 Å². The van der Waals surface area contributed by atoms with Crippen molar-refractivity contribution in [1.29, 1.82) is 0 Å². The third kappa shape index (κ3) is 3.59. The van der Waals surface area contributed by atoms with Crippen molar-refractivity contribution >= 4 is 57.8 Å². The highest BCUT2D eigenvalue weighted by atomic mass is 35.5. The predicted molar refractivity (Wildman–Crippen MR) is 100 cm³/mol. The van der Waals surface area contributed by atoms with E-state index in [-0.39, 0.29) is 11.7 Å². The van der Waals surface area contributed by atoms with Gasteiger partial charge in [-0.3, -0.25) is 4.79 Å². The van der Waals surface area contributed by atoms with Gasteiger partial charge >= 0.3 is 0 Å². The van der Waals surface area contributed by atoms with Crippen molar-refractivity contribution in [2.45, 2.75) is 6.92 Å². The quantitative estimate of drug-likeness (QED) is 0.730. The van der Waals surface area contributed by atoms with Crippen LogP contribution in [0.1, 0.15) is 11.1 Å². The van der Waals surface area contributed by atoms with Gasteiger partial charge in [-0.1, -0.05) is 29.3 Å². The van der Waals surface area contributed by atoms with E-state index < -0.39 is 0 Å². The van der Waals surface area contributed by atoms with Gasteiger partial charge in [0.15, 0.2) is 5.17 Å². The summed E-state index contributed by atoms with van der Waals surface area (Å²) >= 11 is 13.2. The third-order valence-corrected chi connectivity index (χ3v) is 4.94. The van der Waals surface area contributed by atoms with Crippen molar-refractivity contribution in [3.63, 3.8) is 0 Å². The zero-order valence-corrected chi connectivity index (χ0v) is 14.8. The smallest absolute Gasteiger partial charge is 0.264 e. The van der Waals surface area contributed by atoms with Gasteiger partial charge in [0.25, 0.3) is 5.91 Å². The summed E-state index contributed by atoms with van der Waals surface area (Å²) in [7, 11) is 0. The molecule has 1 saturated heterocycles. The molecule has 0 aliphatic carbocycles. The Bertz CT molecular complexity index is 894. The molecule has 1 fully saturated rings. The second-order valence-corrected chi connectivity index (χ2v) is 6.94. The van der Waals surface area contributed by atoms with Crippen LogP contribution < -0.4 is 5.32 Å². The SMILES string of the molecule is Cc1c(Cl)cccc1N=C1NC(=O)/C(=C\c2cc(Cl)ccc2O)S1. The lowest BCUT2D eigenvalue weighted by molar-refractivity contribution is -0.115. The molecule has 4 nitrogen and oxygen atoms in total. The van der Waals surface area contributed by atoms with Gasteiger partial charge in [0.1, 0.15) is 5.75 Å². The van der Waals surface area contributed by atoms with Crippen molar-refractivity contribution in [3.05, 3.63) is 62.5 Å². The Morgan fingerprint density at radius 1 is 1.25 bits per heavy atom. The first-order valence-electron chi connectivity index (χ1n) is 6.97. The summed E-state index contributed by atoms with van der Waals surface area (Å²) in [6, 6.07) is 10.1. The fraction of sp³-hybridized carbons (Fsp3) is 0.0588. The number of halogens is 2. The summed E-state index contributed by atoms with van der Waals surface area (Å²) in [5.74, 6) is -0.228. The number of aromatic hydroxyl groups is 1. The molecule has 2 aromatic rings. The van der Waals surface area contributed by atoms with Gasteiger partial charge in [-0.15, -0.1) is 0 Å². The van der Waals surface area contributed by atoms with Crippen LogP contribution in [0.25, 0.3) is 6.08 Å². The number of nitrogens with one attached hydrogen (secondary N) is 1. The average Bonchev–Trinajstić information content (AvgIpc) is 2.87. The minimum Gasteiger partial charge on any atom is -0.507 e. The molecular formula is C17H12Cl2N2O2S. The van der Waals surface area contributed by atoms with Crippen LogP contribution >= 0.6 is 35.0 Å². The van der Waals surface area contributed by atoms with E-state index in [4.69, 9.17) is 23.2 Å². The highest BCUT2D eigenvalue weighted by Gasteiger charge is 2.24. The lowest BCUT2D eigenvalue weighted by Crippen LogP contribution is -2.19. The molecule has 0 bridgehead atoms. The molecule has 1 aliphatic rings. The molecule has 0 spiro atoms. The number of carbonyl (C=O) groups is 1. The van der Waals surface area contributed by atoms with Crippen LogP contribution in [0.15, 0.2) is 46.3 Å². The molecule has 122 valence electrons. The second kappa shape index (κ2) is 6.89. The summed E-state index contributed by atoms with van der Waals surface area (Å²) in [4.78, 5) is 17.0. The first kappa shape index (κ1) is 16.9. The fourth-order valence-corrected chi connectivity index (χ4v) is 3.27. The monoisotopic (exact) mass is 378 g/mol. The number of amides is 1. The second-order valence-electron chi connectivity index (χ2n) is 5.07. The Kier molecular flexibility index (Phi) is 4.85. The van der Waals surface area contributed by atoms with E-state index >= 15 is 0 Å². The Labute approximate surface area is 153 Å². The van der Waals surface area contributed by atoms with Crippen LogP contribution in [0.4, 0.5) is 5.69 Å². The van der Waals surface area contributed by atoms with Crippen molar-refractivity contribution in [3.8, 4) is 5.75 Å². The maximum atomic E-state index is 12.1. The van der Waals surface area contributed by atoms with Crippen LogP contribution in [0.2, 0.25) is 10.0 Å². The van der Waals surface area contributed by atoms with Crippen LogP contribution in [0.3, 0.4) is 0 Å². The zero-order chi connectivity index (χ0) is 17.3. The summed E-state index contributed by atoms with van der Waals surface area (Å²) < 4.78 is 0. The molecular weight excluding hydrogens is 367 g/mol. The van der Waals surface area contributed by atoms with E-state index in [9.17, 15) is 9.90 Å². The highest BCUT2D eigenvalue weighted by Crippen LogP contribution is 2.32. The van der Waals surface area contributed by atoms with Crippen molar-refractivity contribution in [2.75, 3.05) is 0 Å². The molecule has 1 aliphatic heterocycles. The highest BCUT2D eigenvalue weighted by molar-refractivity contribution is 8.18. The minimum absolute atomic E-state index is 0.0522. The number of thioether (sulfide) groups is 1. The summed E-state index contributed by atoms with van der Waals surface area (Å²) in [5.41, 5.74) is 2.00. The first-order chi connectivity index (χ1) is 11.4. The maximum absolute atomic E-state index is 12.1. The Hall–Kier alpha value is -1.95. The molecule has 0 aromatic heterocycles. The number of phenolic OH excluding ortho intramolecular Hbond substituents is 1. The largest absolute Gasteiger partial charge is 0.507 e. The van der Waals surface area contributed by atoms with E-state index in [0.29, 0.717) is 31.4 Å². The van der Waals surface area contributed by atoms with Crippen molar-refractivity contribution in [1.82, 2.24) is 5.32 Å². The lowest BCUT2D eigenvalue weighted by Gasteiger charge is -2.02. The number of aliphatic imine (C=N–C) groups is 1. The van der Waals surface area contributed by atoms with E-state index in [0.717, 1.165) is 5.56 Å². The summed E-state index contributed by atoms with van der Waals surface area (Å²) in [6.45, 7) is 1.87. The Balaban J connectivity index is 1.91. The molecule has 24 heavy (non-hydrogen) atoms.